The van der Waals surface area contributed by atoms with Crippen molar-refractivity contribution in [2.24, 2.45) is 5.92 Å². The van der Waals surface area contributed by atoms with Gasteiger partial charge in [0.05, 0.1) is 7.11 Å². The Hall–Kier alpha value is -1.52. The summed E-state index contributed by atoms with van der Waals surface area (Å²) in [5.74, 6) is 3.12. The monoisotopic (exact) mass is 222 g/mol. The van der Waals surface area contributed by atoms with E-state index in [1.54, 1.807) is 13.4 Å². The number of nitrogens with one attached hydrogen (secondary N) is 1. The number of hydrogen-bond acceptors (Lipinski definition) is 5. The Bertz CT molecular complexity index is 365. The van der Waals surface area contributed by atoms with Crippen LogP contribution in [0.15, 0.2) is 6.33 Å². The molecule has 88 valence electrons. The van der Waals surface area contributed by atoms with Gasteiger partial charge in [-0.2, -0.15) is 0 Å². The van der Waals surface area contributed by atoms with E-state index < -0.39 is 0 Å². The van der Waals surface area contributed by atoms with Gasteiger partial charge in [0, 0.05) is 20.6 Å². The van der Waals surface area contributed by atoms with Crippen molar-refractivity contribution in [2.45, 2.75) is 12.8 Å². The minimum Gasteiger partial charge on any atom is -0.490 e. The highest BCUT2D eigenvalue weighted by molar-refractivity contribution is 5.64. The first kappa shape index (κ1) is 11.0. The predicted molar refractivity (Wildman–Crippen MR) is 64.1 cm³/mol. The molecule has 0 amide bonds. The van der Waals surface area contributed by atoms with Crippen LogP contribution in [0.1, 0.15) is 12.8 Å². The van der Waals surface area contributed by atoms with Gasteiger partial charge >= 0.3 is 0 Å². The highest BCUT2D eigenvalue weighted by Gasteiger charge is 2.25. The number of hydrogen-bond donors (Lipinski definition) is 1. The van der Waals surface area contributed by atoms with E-state index in [-0.39, 0.29) is 0 Å². The Morgan fingerprint density at radius 1 is 1.50 bits per heavy atom. The fourth-order valence-electron chi connectivity index (χ4n) is 1.78. The van der Waals surface area contributed by atoms with E-state index >= 15 is 0 Å². The summed E-state index contributed by atoms with van der Waals surface area (Å²) in [6.07, 6.45) is 4.22. The summed E-state index contributed by atoms with van der Waals surface area (Å²) in [4.78, 5) is 10.6. The maximum atomic E-state index is 5.36. The number of nitrogens with zero attached hydrogens (tertiary/aromatic N) is 3. The van der Waals surface area contributed by atoms with Gasteiger partial charge in [-0.15, -0.1) is 0 Å². The van der Waals surface area contributed by atoms with Crippen LogP contribution >= 0.6 is 0 Å². The molecule has 16 heavy (non-hydrogen) atoms. The molecule has 1 fully saturated rings. The molecule has 1 aromatic rings. The molecule has 0 radical (unpaired) electrons. The molecule has 1 aliphatic carbocycles. The standard InChI is InChI=1S/C11H18N4O/c1-12-10-9(16-3)11(14-7-13-10)15(2)6-8-4-5-8/h7-8H,4-6H2,1-3H3,(H,12,13,14). The number of anilines is 2. The normalized spacial score (nSPS) is 14.7. The van der Waals surface area contributed by atoms with Crippen molar-refractivity contribution in [1.82, 2.24) is 9.97 Å². The fraction of sp³-hybridized carbons (Fsp3) is 0.636. The van der Waals surface area contributed by atoms with E-state index in [4.69, 9.17) is 4.74 Å². The molecule has 5 heteroatoms. The lowest BCUT2D eigenvalue weighted by molar-refractivity contribution is 0.413. The van der Waals surface area contributed by atoms with Crippen LogP contribution in [0.3, 0.4) is 0 Å². The van der Waals surface area contributed by atoms with Crippen molar-refractivity contribution in [3.8, 4) is 5.75 Å². The van der Waals surface area contributed by atoms with E-state index in [0.717, 1.165) is 24.1 Å². The fourth-order valence-corrected chi connectivity index (χ4v) is 1.78. The molecular weight excluding hydrogens is 204 g/mol. The van der Waals surface area contributed by atoms with Crippen molar-refractivity contribution in [3.63, 3.8) is 0 Å². The lowest BCUT2D eigenvalue weighted by Gasteiger charge is -2.21. The maximum absolute atomic E-state index is 5.36. The Morgan fingerprint density at radius 2 is 2.25 bits per heavy atom. The zero-order valence-electron chi connectivity index (χ0n) is 10.0. The van der Waals surface area contributed by atoms with E-state index in [1.165, 1.54) is 12.8 Å². The average molecular weight is 222 g/mol. The van der Waals surface area contributed by atoms with Gasteiger partial charge in [-0.05, 0) is 18.8 Å². The average Bonchev–Trinajstić information content (AvgIpc) is 3.11. The van der Waals surface area contributed by atoms with Crippen LogP contribution in [-0.2, 0) is 0 Å². The molecule has 1 aliphatic rings. The van der Waals surface area contributed by atoms with Crippen LogP contribution < -0.4 is 15.0 Å². The number of aromatic nitrogens is 2. The molecule has 1 heterocycles. The Kier molecular flexibility index (Phi) is 3.12. The van der Waals surface area contributed by atoms with Gasteiger partial charge in [-0.3, -0.25) is 0 Å². The second-order valence-corrected chi connectivity index (χ2v) is 4.15. The van der Waals surface area contributed by atoms with Crippen molar-refractivity contribution < 1.29 is 4.74 Å². The molecule has 0 unspecified atom stereocenters. The third-order valence-corrected chi connectivity index (χ3v) is 2.82. The summed E-state index contributed by atoms with van der Waals surface area (Å²) in [5.41, 5.74) is 0. The third-order valence-electron chi connectivity index (χ3n) is 2.82. The van der Waals surface area contributed by atoms with Gasteiger partial charge in [-0.1, -0.05) is 0 Å². The summed E-state index contributed by atoms with van der Waals surface area (Å²) in [7, 11) is 5.52. The topological polar surface area (TPSA) is 50.3 Å². The number of rotatable bonds is 5. The van der Waals surface area contributed by atoms with Crippen LogP contribution in [0, 0.1) is 5.92 Å². The Balaban J connectivity index is 2.23. The molecule has 1 saturated carbocycles. The second kappa shape index (κ2) is 4.55. The summed E-state index contributed by atoms with van der Waals surface area (Å²) in [6.45, 7) is 1.04. The summed E-state index contributed by atoms with van der Waals surface area (Å²) < 4.78 is 5.36. The summed E-state index contributed by atoms with van der Waals surface area (Å²) in [5, 5.41) is 3.01. The summed E-state index contributed by atoms with van der Waals surface area (Å²) >= 11 is 0. The van der Waals surface area contributed by atoms with Crippen molar-refractivity contribution in [3.05, 3.63) is 6.33 Å². The Labute approximate surface area is 95.8 Å². The molecule has 0 aliphatic heterocycles. The van der Waals surface area contributed by atoms with Gasteiger partial charge in [0.1, 0.15) is 6.33 Å². The predicted octanol–water partition coefficient (Wildman–Crippen LogP) is 1.37. The minimum absolute atomic E-state index is 0.716. The van der Waals surface area contributed by atoms with Crippen molar-refractivity contribution in [2.75, 3.05) is 38.0 Å². The molecule has 0 bridgehead atoms. The van der Waals surface area contributed by atoms with Gasteiger partial charge in [0.15, 0.2) is 11.6 Å². The van der Waals surface area contributed by atoms with Crippen LogP contribution in [0.4, 0.5) is 11.6 Å². The molecule has 1 N–H and O–H groups in total. The molecular formula is C11H18N4O. The number of ether oxygens (including phenoxy) is 1. The first-order valence-corrected chi connectivity index (χ1v) is 5.54. The molecule has 0 spiro atoms. The quantitative estimate of drug-likeness (QED) is 0.815. The smallest absolute Gasteiger partial charge is 0.204 e. The van der Waals surface area contributed by atoms with Crippen molar-refractivity contribution in [1.29, 1.82) is 0 Å². The third kappa shape index (κ3) is 2.18. The first-order valence-electron chi connectivity index (χ1n) is 5.54. The first-order chi connectivity index (χ1) is 7.76. The SMILES string of the molecule is CNc1ncnc(N(C)CC2CC2)c1OC. The van der Waals surface area contributed by atoms with Gasteiger partial charge in [0.25, 0.3) is 0 Å². The molecule has 1 aromatic heterocycles. The highest BCUT2D eigenvalue weighted by Crippen LogP contribution is 2.35. The zero-order valence-corrected chi connectivity index (χ0v) is 10.0. The maximum Gasteiger partial charge on any atom is 0.204 e. The van der Waals surface area contributed by atoms with E-state index in [1.807, 2.05) is 14.1 Å². The van der Waals surface area contributed by atoms with Crippen LogP contribution in [-0.4, -0.2) is 37.7 Å². The lowest BCUT2D eigenvalue weighted by atomic mass is 10.3. The molecule has 0 aromatic carbocycles. The Morgan fingerprint density at radius 3 is 2.81 bits per heavy atom. The van der Waals surface area contributed by atoms with E-state index in [2.05, 4.69) is 20.2 Å². The largest absolute Gasteiger partial charge is 0.490 e. The van der Waals surface area contributed by atoms with Crippen LogP contribution in [0.5, 0.6) is 5.75 Å². The highest BCUT2D eigenvalue weighted by atomic mass is 16.5. The number of methoxy groups -OCH3 is 1. The minimum atomic E-state index is 0.716. The van der Waals surface area contributed by atoms with E-state index in [0.29, 0.717) is 5.75 Å². The molecule has 0 saturated heterocycles. The van der Waals surface area contributed by atoms with Gasteiger partial charge < -0.3 is 15.0 Å². The molecule has 2 rings (SSSR count). The van der Waals surface area contributed by atoms with Crippen LogP contribution in [0.25, 0.3) is 0 Å². The van der Waals surface area contributed by atoms with Gasteiger partial charge in [0.2, 0.25) is 5.75 Å². The van der Waals surface area contributed by atoms with Gasteiger partial charge in [-0.25, -0.2) is 9.97 Å². The molecule has 5 nitrogen and oxygen atoms in total. The zero-order chi connectivity index (χ0) is 11.5. The van der Waals surface area contributed by atoms with Crippen LogP contribution in [0.2, 0.25) is 0 Å². The van der Waals surface area contributed by atoms with Crippen molar-refractivity contribution >= 4 is 11.6 Å². The summed E-state index contributed by atoms with van der Waals surface area (Å²) in [6, 6.07) is 0. The van der Waals surface area contributed by atoms with E-state index in [9.17, 15) is 0 Å². The second-order valence-electron chi connectivity index (χ2n) is 4.15. The molecule has 0 atom stereocenters. The lowest BCUT2D eigenvalue weighted by Crippen LogP contribution is -2.22.